The van der Waals surface area contributed by atoms with Crippen molar-refractivity contribution in [3.63, 3.8) is 0 Å². The first-order valence-electron chi connectivity index (χ1n) is 10.3. The maximum Gasteiger partial charge on any atom is 0.274 e. The number of benzene rings is 2. The molecular formula is C23H24FN5O2. The molecule has 0 radical (unpaired) electrons. The van der Waals surface area contributed by atoms with Crippen LogP contribution in [0.4, 0.5) is 4.39 Å². The molecule has 1 aliphatic rings. The molecule has 2 unspecified atom stereocenters. The van der Waals surface area contributed by atoms with Gasteiger partial charge in [0.05, 0.1) is 6.54 Å². The third-order valence-corrected chi connectivity index (χ3v) is 5.57. The molecule has 8 heteroatoms. The average Bonchev–Trinajstić information content (AvgIpc) is 3.13. The lowest BCUT2D eigenvalue weighted by Crippen LogP contribution is -2.30. The Morgan fingerprint density at radius 2 is 1.97 bits per heavy atom. The molecule has 0 bridgehead atoms. The molecule has 4 rings (SSSR count). The highest BCUT2D eigenvalue weighted by molar-refractivity contribution is 5.94. The summed E-state index contributed by atoms with van der Waals surface area (Å²) in [4.78, 5) is 29.8. The molecule has 0 saturated carbocycles. The molecule has 1 aliphatic heterocycles. The Balaban J connectivity index is 1.39. The maximum atomic E-state index is 13.3. The average molecular weight is 421 g/mol. The third kappa shape index (κ3) is 5.03. The summed E-state index contributed by atoms with van der Waals surface area (Å²) in [6, 6.07) is 15.6. The number of likely N-dealkylation sites (tertiary alicyclic amines) is 1. The molecule has 2 N–H and O–H groups in total. The van der Waals surface area contributed by atoms with E-state index < -0.39 is 11.7 Å². The number of halogens is 1. The lowest BCUT2D eigenvalue weighted by atomic mass is 9.97. The van der Waals surface area contributed by atoms with E-state index in [4.69, 9.17) is 0 Å². The Bertz CT molecular complexity index is 1120. The number of rotatable bonds is 6. The second kappa shape index (κ2) is 9.18. The first-order valence-corrected chi connectivity index (χ1v) is 10.3. The molecule has 1 fully saturated rings. The highest BCUT2D eigenvalue weighted by Gasteiger charge is 2.32. The normalized spacial score (nSPS) is 18.8. The van der Waals surface area contributed by atoms with Crippen LogP contribution in [0.3, 0.4) is 0 Å². The molecule has 2 heterocycles. The van der Waals surface area contributed by atoms with E-state index in [0.29, 0.717) is 11.7 Å². The van der Waals surface area contributed by atoms with Crippen LogP contribution >= 0.6 is 0 Å². The molecule has 0 spiro atoms. The minimum atomic E-state index is -0.498. The largest absolute Gasteiger partial charge is 0.346 e. The molecule has 1 saturated heterocycles. The number of aromatic amines is 1. The number of aromatic nitrogens is 3. The highest BCUT2D eigenvalue weighted by Crippen LogP contribution is 2.30. The number of carbonyl (C=O) groups is 1. The molecule has 160 valence electrons. The van der Waals surface area contributed by atoms with Gasteiger partial charge in [0, 0.05) is 31.1 Å². The Kier molecular flexibility index (Phi) is 6.18. The third-order valence-electron chi connectivity index (χ3n) is 5.57. The van der Waals surface area contributed by atoms with E-state index in [1.807, 2.05) is 18.2 Å². The van der Waals surface area contributed by atoms with Crippen molar-refractivity contribution in [3.05, 3.63) is 93.4 Å². The monoisotopic (exact) mass is 421 g/mol. The quantitative estimate of drug-likeness (QED) is 0.638. The van der Waals surface area contributed by atoms with E-state index in [1.54, 1.807) is 0 Å². The topological polar surface area (TPSA) is 91.0 Å². The maximum absolute atomic E-state index is 13.3. The van der Waals surface area contributed by atoms with Crippen LogP contribution in [0.1, 0.15) is 40.3 Å². The molecule has 0 aliphatic carbocycles. The minimum Gasteiger partial charge on any atom is -0.346 e. The van der Waals surface area contributed by atoms with Gasteiger partial charge in [-0.3, -0.25) is 14.5 Å². The smallest absolute Gasteiger partial charge is 0.274 e. The number of H-pyrrole nitrogens is 1. The first kappa shape index (κ1) is 20.9. The fraction of sp³-hybridized carbons (Fsp3) is 0.304. The van der Waals surface area contributed by atoms with Crippen LogP contribution in [0.2, 0.25) is 0 Å². The molecule has 31 heavy (non-hydrogen) atoms. The van der Waals surface area contributed by atoms with Crippen molar-refractivity contribution in [3.8, 4) is 0 Å². The highest BCUT2D eigenvalue weighted by atomic mass is 19.1. The van der Waals surface area contributed by atoms with Crippen molar-refractivity contribution in [1.82, 2.24) is 25.4 Å². The van der Waals surface area contributed by atoms with Crippen LogP contribution in [0.25, 0.3) is 0 Å². The van der Waals surface area contributed by atoms with E-state index in [-0.39, 0.29) is 29.3 Å². The van der Waals surface area contributed by atoms with E-state index >= 15 is 0 Å². The SMILES string of the molecule is CC1CN(Cc2ccccc2)CC1c1nnc(CNC(=O)c2cccc(F)c2)c(=O)[nH]1. The fourth-order valence-corrected chi connectivity index (χ4v) is 3.95. The molecule has 2 aromatic carbocycles. The van der Waals surface area contributed by atoms with Crippen molar-refractivity contribution < 1.29 is 9.18 Å². The van der Waals surface area contributed by atoms with Gasteiger partial charge in [-0.15, -0.1) is 10.2 Å². The summed E-state index contributed by atoms with van der Waals surface area (Å²) in [5.74, 6) is -0.00677. The Morgan fingerprint density at radius 1 is 1.16 bits per heavy atom. The van der Waals surface area contributed by atoms with Crippen LogP contribution in [-0.4, -0.2) is 39.1 Å². The van der Waals surface area contributed by atoms with Gasteiger partial charge in [0.1, 0.15) is 17.3 Å². The molecule has 1 amide bonds. The summed E-state index contributed by atoms with van der Waals surface area (Å²) in [7, 11) is 0. The Labute approximate surface area is 179 Å². The second-order valence-corrected chi connectivity index (χ2v) is 7.94. The lowest BCUT2D eigenvalue weighted by molar-refractivity contribution is 0.0949. The van der Waals surface area contributed by atoms with Crippen molar-refractivity contribution in [2.45, 2.75) is 25.9 Å². The van der Waals surface area contributed by atoms with Crippen LogP contribution in [-0.2, 0) is 13.1 Å². The summed E-state index contributed by atoms with van der Waals surface area (Å²) in [6.07, 6.45) is 0. The number of hydrogen-bond acceptors (Lipinski definition) is 5. The van der Waals surface area contributed by atoms with Gasteiger partial charge in [-0.2, -0.15) is 0 Å². The van der Waals surface area contributed by atoms with E-state index in [0.717, 1.165) is 25.7 Å². The molecule has 3 aromatic rings. The second-order valence-electron chi connectivity index (χ2n) is 7.94. The van der Waals surface area contributed by atoms with Crippen LogP contribution < -0.4 is 10.9 Å². The predicted molar refractivity (Wildman–Crippen MR) is 114 cm³/mol. The molecule has 7 nitrogen and oxygen atoms in total. The number of amides is 1. The van der Waals surface area contributed by atoms with Gasteiger partial charge in [0.25, 0.3) is 11.5 Å². The zero-order valence-corrected chi connectivity index (χ0v) is 17.2. The minimum absolute atomic E-state index is 0.0832. The van der Waals surface area contributed by atoms with Gasteiger partial charge in [0.15, 0.2) is 0 Å². The zero-order chi connectivity index (χ0) is 21.8. The van der Waals surface area contributed by atoms with Gasteiger partial charge in [-0.25, -0.2) is 4.39 Å². The number of carbonyl (C=O) groups excluding carboxylic acids is 1. The van der Waals surface area contributed by atoms with Gasteiger partial charge >= 0.3 is 0 Å². The van der Waals surface area contributed by atoms with Crippen molar-refractivity contribution in [2.24, 2.45) is 5.92 Å². The Morgan fingerprint density at radius 3 is 2.71 bits per heavy atom. The summed E-state index contributed by atoms with van der Waals surface area (Å²) >= 11 is 0. The van der Waals surface area contributed by atoms with Crippen LogP contribution in [0.15, 0.2) is 59.4 Å². The van der Waals surface area contributed by atoms with E-state index in [9.17, 15) is 14.0 Å². The molecular weight excluding hydrogens is 397 g/mol. The first-order chi connectivity index (χ1) is 15.0. The van der Waals surface area contributed by atoms with Crippen molar-refractivity contribution in [2.75, 3.05) is 13.1 Å². The van der Waals surface area contributed by atoms with Crippen LogP contribution in [0, 0.1) is 11.7 Å². The van der Waals surface area contributed by atoms with E-state index in [2.05, 4.69) is 44.5 Å². The molecule has 2 atom stereocenters. The number of hydrogen-bond donors (Lipinski definition) is 2. The van der Waals surface area contributed by atoms with Gasteiger partial charge in [-0.1, -0.05) is 43.3 Å². The summed E-state index contributed by atoms with van der Waals surface area (Å²) in [5.41, 5.74) is 1.16. The summed E-state index contributed by atoms with van der Waals surface area (Å²) < 4.78 is 13.3. The molecule has 1 aromatic heterocycles. The van der Waals surface area contributed by atoms with Crippen molar-refractivity contribution >= 4 is 5.91 Å². The van der Waals surface area contributed by atoms with Crippen molar-refractivity contribution in [1.29, 1.82) is 0 Å². The number of nitrogens with zero attached hydrogens (tertiary/aromatic N) is 3. The van der Waals surface area contributed by atoms with Crippen LogP contribution in [0.5, 0.6) is 0 Å². The Hall–Kier alpha value is -3.39. The standard InChI is InChI=1S/C23H24FN5O2/c1-15-12-29(13-16-6-3-2-4-7-16)14-19(15)21-26-23(31)20(27-28-21)11-25-22(30)17-8-5-9-18(24)10-17/h2-10,15,19H,11-14H2,1H3,(H,25,30)(H,26,28,31). The predicted octanol–water partition coefficient (Wildman–Crippen LogP) is 2.47. The lowest BCUT2D eigenvalue weighted by Gasteiger charge is -2.15. The van der Waals surface area contributed by atoms with Gasteiger partial charge < -0.3 is 10.3 Å². The van der Waals surface area contributed by atoms with Gasteiger partial charge in [0.2, 0.25) is 0 Å². The fourth-order valence-electron chi connectivity index (χ4n) is 3.95. The number of nitrogens with one attached hydrogen (secondary N) is 2. The summed E-state index contributed by atoms with van der Waals surface area (Å²) in [5, 5.41) is 10.9. The van der Waals surface area contributed by atoms with E-state index in [1.165, 1.54) is 23.8 Å². The zero-order valence-electron chi connectivity index (χ0n) is 17.2. The summed E-state index contributed by atoms with van der Waals surface area (Å²) in [6.45, 7) is 4.61. The van der Waals surface area contributed by atoms with Gasteiger partial charge in [-0.05, 0) is 29.7 Å².